The quantitative estimate of drug-likeness (QED) is 0.635. The van der Waals surface area contributed by atoms with Crippen molar-refractivity contribution in [1.82, 2.24) is 6.15 Å². The average Bonchev–Trinajstić information content (AvgIpc) is 2.51. The van der Waals surface area contributed by atoms with E-state index in [0.29, 0.717) is 0 Å². The standard InChI is InChI=1S/C14H24S.H3N/c1-4-5-6-7-8-9-10-14-11-12(2)15-13(14)3;/h11H,4-10H2,1-3H3;1H3. The van der Waals surface area contributed by atoms with Gasteiger partial charge < -0.3 is 6.15 Å². The average molecular weight is 241 g/mol. The molecule has 2 heteroatoms. The van der Waals surface area contributed by atoms with E-state index in [1.54, 1.807) is 5.56 Å². The van der Waals surface area contributed by atoms with Crippen LogP contribution in [0.1, 0.15) is 60.8 Å². The van der Waals surface area contributed by atoms with E-state index in [-0.39, 0.29) is 6.15 Å². The molecule has 0 amide bonds. The maximum atomic E-state index is 2.37. The molecule has 0 atom stereocenters. The second-order valence-electron chi connectivity index (χ2n) is 4.46. The zero-order chi connectivity index (χ0) is 11.1. The molecule has 0 unspecified atom stereocenters. The summed E-state index contributed by atoms with van der Waals surface area (Å²) in [5, 5.41) is 0. The molecular formula is C14H27NS. The van der Waals surface area contributed by atoms with Crippen LogP contribution in [-0.2, 0) is 6.42 Å². The summed E-state index contributed by atoms with van der Waals surface area (Å²) in [5.74, 6) is 0. The van der Waals surface area contributed by atoms with Crippen molar-refractivity contribution in [3.8, 4) is 0 Å². The lowest BCUT2D eigenvalue weighted by molar-refractivity contribution is 0.607. The van der Waals surface area contributed by atoms with Crippen LogP contribution in [-0.4, -0.2) is 0 Å². The predicted octanol–water partition coefficient (Wildman–Crippen LogP) is 5.43. The fourth-order valence-corrected chi connectivity index (χ4v) is 3.00. The third-order valence-corrected chi connectivity index (χ3v) is 3.95. The number of hydrogen-bond donors (Lipinski definition) is 1. The Kier molecular flexibility index (Phi) is 8.58. The SMILES string of the molecule is CCCCCCCCc1cc(C)sc1C.N. The molecule has 1 rings (SSSR count). The molecular weight excluding hydrogens is 214 g/mol. The van der Waals surface area contributed by atoms with Crippen LogP contribution >= 0.6 is 11.3 Å². The minimum atomic E-state index is 0. The molecule has 0 aliphatic rings. The van der Waals surface area contributed by atoms with Gasteiger partial charge in [0.1, 0.15) is 0 Å². The van der Waals surface area contributed by atoms with Gasteiger partial charge in [0, 0.05) is 9.75 Å². The maximum absolute atomic E-state index is 2.37. The van der Waals surface area contributed by atoms with E-state index in [1.807, 2.05) is 11.3 Å². The minimum absolute atomic E-state index is 0. The van der Waals surface area contributed by atoms with Crippen molar-refractivity contribution in [2.24, 2.45) is 0 Å². The van der Waals surface area contributed by atoms with E-state index in [2.05, 4.69) is 26.8 Å². The Morgan fingerprint density at radius 2 is 1.62 bits per heavy atom. The molecule has 1 heterocycles. The van der Waals surface area contributed by atoms with Crippen LogP contribution in [0.15, 0.2) is 6.07 Å². The molecule has 16 heavy (non-hydrogen) atoms. The van der Waals surface area contributed by atoms with Crippen LogP contribution in [0.3, 0.4) is 0 Å². The summed E-state index contributed by atoms with van der Waals surface area (Å²) in [5.41, 5.74) is 1.59. The molecule has 0 spiro atoms. The fourth-order valence-electron chi connectivity index (χ4n) is 2.03. The first-order chi connectivity index (χ1) is 7.24. The van der Waals surface area contributed by atoms with Gasteiger partial charge in [0.25, 0.3) is 0 Å². The van der Waals surface area contributed by atoms with Crippen molar-refractivity contribution in [3.05, 3.63) is 21.4 Å². The van der Waals surface area contributed by atoms with E-state index >= 15 is 0 Å². The summed E-state index contributed by atoms with van der Waals surface area (Å²) in [7, 11) is 0. The van der Waals surface area contributed by atoms with Crippen molar-refractivity contribution in [1.29, 1.82) is 0 Å². The van der Waals surface area contributed by atoms with Gasteiger partial charge in [0.15, 0.2) is 0 Å². The Balaban J connectivity index is 0.00000225. The topological polar surface area (TPSA) is 35.0 Å². The largest absolute Gasteiger partial charge is 0.344 e. The zero-order valence-electron chi connectivity index (χ0n) is 11.1. The van der Waals surface area contributed by atoms with Gasteiger partial charge in [-0.05, 0) is 38.3 Å². The van der Waals surface area contributed by atoms with Crippen molar-refractivity contribution < 1.29 is 0 Å². The Morgan fingerprint density at radius 3 is 2.19 bits per heavy atom. The van der Waals surface area contributed by atoms with Gasteiger partial charge in [-0.3, -0.25) is 0 Å². The van der Waals surface area contributed by atoms with Gasteiger partial charge in [-0.25, -0.2) is 0 Å². The molecule has 0 saturated heterocycles. The lowest BCUT2D eigenvalue weighted by Gasteiger charge is -2.00. The summed E-state index contributed by atoms with van der Waals surface area (Å²) >= 11 is 1.94. The van der Waals surface area contributed by atoms with Crippen LogP contribution in [0, 0.1) is 13.8 Å². The first-order valence-electron chi connectivity index (χ1n) is 6.30. The Bertz CT molecular complexity index is 278. The molecule has 0 aliphatic heterocycles. The van der Waals surface area contributed by atoms with Gasteiger partial charge >= 0.3 is 0 Å². The van der Waals surface area contributed by atoms with Gasteiger partial charge in [-0.1, -0.05) is 39.0 Å². The molecule has 3 N–H and O–H groups in total. The van der Waals surface area contributed by atoms with Crippen LogP contribution in [0.4, 0.5) is 0 Å². The third-order valence-electron chi connectivity index (χ3n) is 2.94. The summed E-state index contributed by atoms with van der Waals surface area (Å²) in [6.07, 6.45) is 9.70. The molecule has 1 aromatic heterocycles. The molecule has 0 aromatic carbocycles. The molecule has 0 aliphatic carbocycles. The Hall–Kier alpha value is -0.340. The lowest BCUT2D eigenvalue weighted by atomic mass is 10.1. The van der Waals surface area contributed by atoms with E-state index in [0.717, 1.165) is 0 Å². The number of rotatable bonds is 7. The van der Waals surface area contributed by atoms with E-state index in [1.165, 1.54) is 54.7 Å². The van der Waals surface area contributed by atoms with Crippen molar-refractivity contribution in [3.63, 3.8) is 0 Å². The first-order valence-corrected chi connectivity index (χ1v) is 7.11. The smallest absolute Gasteiger partial charge is 0.00490 e. The first kappa shape index (κ1) is 15.7. The van der Waals surface area contributed by atoms with Crippen molar-refractivity contribution in [2.75, 3.05) is 0 Å². The molecule has 1 aromatic rings. The second kappa shape index (κ2) is 8.77. The minimum Gasteiger partial charge on any atom is -0.344 e. The van der Waals surface area contributed by atoms with E-state index in [9.17, 15) is 0 Å². The maximum Gasteiger partial charge on any atom is 0.00490 e. The van der Waals surface area contributed by atoms with Crippen molar-refractivity contribution in [2.45, 2.75) is 65.7 Å². The van der Waals surface area contributed by atoms with E-state index < -0.39 is 0 Å². The second-order valence-corrected chi connectivity index (χ2v) is 5.92. The monoisotopic (exact) mass is 241 g/mol. The normalized spacial score (nSPS) is 10.2. The highest BCUT2D eigenvalue weighted by molar-refractivity contribution is 7.12. The molecule has 0 bridgehead atoms. The van der Waals surface area contributed by atoms with Gasteiger partial charge in [0.2, 0.25) is 0 Å². The number of aryl methyl sites for hydroxylation is 3. The van der Waals surface area contributed by atoms with Gasteiger partial charge in [-0.15, -0.1) is 11.3 Å². The summed E-state index contributed by atoms with van der Waals surface area (Å²) in [6, 6.07) is 2.37. The van der Waals surface area contributed by atoms with Crippen LogP contribution in [0.5, 0.6) is 0 Å². The molecule has 94 valence electrons. The Labute approximate surface area is 105 Å². The summed E-state index contributed by atoms with van der Waals surface area (Å²) < 4.78 is 0. The molecule has 0 fully saturated rings. The lowest BCUT2D eigenvalue weighted by Crippen LogP contribution is -1.85. The highest BCUT2D eigenvalue weighted by Gasteiger charge is 2.01. The Morgan fingerprint density at radius 1 is 1.00 bits per heavy atom. The summed E-state index contributed by atoms with van der Waals surface area (Å²) in [4.78, 5) is 2.99. The van der Waals surface area contributed by atoms with Crippen LogP contribution in [0.2, 0.25) is 0 Å². The number of hydrogen-bond acceptors (Lipinski definition) is 2. The van der Waals surface area contributed by atoms with Gasteiger partial charge in [0.05, 0.1) is 0 Å². The molecule has 1 nitrogen and oxygen atoms in total. The van der Waals surface area contributed by atoms with Crippen LogP contribution < -0.4 is 6.15 Å². The summed E-state index contributed by atoms with van der Waals surface area (Å²) in [6.45, 7) is 6.74. The van der Waals surface area contributed by atoms with E-state index in [4.69, 9.17) is 0 Å². The highest BCUT2D eigenvalue weighted by atomic mass is 32.1. The number of unbranched alkanes of at least 4 members (excludes halogenated alkanes) is 5. The van der Waals surface area contributed by atoms with Crippen molar-refractivity contribution >= 4 is 11.3 Å². The molecule has 0 saturated carbocycles. The number of thiophene rings is 1. The zero-order valence-corrected chi connectivity index (χ0v) is 12.0. The fraction of sp³-hybridized carbons (Fsp3) is 0.714. The molecule has 0 radical (unpaired) electrons. The van der Waals surface area contributed by atoms with Crippen LogP contribution in [0.25, 0.3) is 0 Å². The third kappa shape index (κ3) is 5.66. The predicted molar refractivity (Wildman–Crippen MR) is 75.9 cm³/mol. The highest BCUT2D eigenvalue weighted by Crippen LogP contribution is 2.22. The van der Waals surface area contributed by atoms with Gasteiger partial charge in [-0.2, -0.15) is 0 Å².